The number of nitrogens with zero attached hydrogens (tertiary/aromatic N) is 2. The molecule has 1 aromatic carbocycles. The summed E-state index contributed by atoms with van der Waals surface area (Å²) < 4.78 is 5.37. The number of ether oxygens (including phenoxy) is 1. The smallest absolute Gasteiger partial charge is 0.335 e. The van der Waals surface area contributed by atoms with Crippen LogP contribution < -0.4 is 4.74 Å². The Morgan fingerprint density at radius 1 is 1.35 bits per heavy atom. The van der Waals surface area contributed by atoms with Crippen LogP contribution in [0.4, 0.5) is 0 Å². The summed E-state index contributed by atoms with van der Waals surface area (Å²) >= 11 is 5.89. The summed E-state index contributed by atoms with van der Waals surface area (Å²) in [4.78, 5) is 18.3. The largest absolute Gasteiger partial charge is 0.478 e. The first-order valence-electron chi connectivity index (χ1n) is 4.63. The number of carboxylic acids is 1. The normalized spacial score (nSPS) is 9.94. The molecule has 0 saturated heterocycles. The minimum absolute atomic E-state index is 0.102. The Balaban J connectivity index is 2.26. The van der Waals surface area contributed by atoms with Crippen molar-refractivity contribution in [2.75, 3.05) is 0 Å². The maximum atomic E-state index is 10.7. The Labute approximate surface area is 102 Å². The van der Waals surface area contributed by atoms with Crippen molar-refractivity contribution in [3.05, 3.63) is 47.4 Å². The van der Waals surface area contributed by atoms with Gasteiger partial charge >= 0.3 is 5.97 Å². The van der Waals surface area contributed by atoms with Crippen molar-refractivity contribution in [1.82, 2.24) is 9.97 Å². The lowest BCUT2D eigenvalue weighted by atomic mass is 10.2. The molecule has 0 aliphatic heterocycles. The highest BCUT2D eigenvalue weighted by molar-refractivity contribution is 6.32. The molecule has 2 aromatic rings. The van der Waals surface area contributed by atoms with Gasteiger partial charge < -0.3 is 9.84 Å². The van der Waals surface area contributed by atoms with Crippen LogP contribution in [-0.2, 0) is 0 Å². The maximum absolute atomic E-state index is 10.7. The molecule has 0 spiro atoms. The average Bonchev–Trinajstić information content (AvgIpc) is 2.33. The Morgan fingerprint density at radius 2 is 2.18 bits per heavy atom. The fourth-order valence-corrected chi connectivity index (χ4v) is 1.39. The zero-order valence-corrected chi connectivity index (χ0v) is 9.26. The minimum atomic E-state index is -1.04. The average molecular weight is 251 g/mol. The molecule has 1 N–H and O–H groups in total. The van der Waals surface area contributed by atoms with Gasteiger partial charge in [0.1, 0.15) is 12.1 Å². The molecule has 5 nitrogen and oxygen atoms in total. The monoisotopic (exact) mass is 250 g/mol. The molecule has 0 aliphatic carbocycles. The predicted octanol–water partition coefficient (Wildman–Crippen LogP) is 2.62. The van der Waals surface area contributed by atoms with Gasteiger partial charge in [-0.25, -0.2) is 14.8 Å². The van der Waals surface area contributed by atoms with Crippen LogP contribution in [0.5, 0.6) is 11.6 Å². The highest BCUT2D eigenvalue weighted by Gasteiger charge is 2.08. The third-order valence-electron chi connectivity index (χ3n) is 1.95. The van der Waals surface area contributed by atoms with Crippen LogP contribution in [0.25, 0.3) is 0 Å². The summed E-state index contributed by atoms with van der Waals surface area (Å²) in [5, 5.41) is 8.98. The Morgan fingerprint density at radius 3 is 2.76 bits per heavy atom. The molecule has 0 amide bonds. The van der Waals surface area contributed by atoms with E-state index in [9.17, 15) is 4.79 Å². The van der Waals surface area contributed by atoms with E-state index in [4.69, 9.17) is 21.4 Å². The molecule has 1 aromatic heterocycles. The van der Waals surface area contributed by atoms with Crippen LogP contribution in [-0.4, -0.2) is 21.0 Å². The summed E-state index contributed by atoms with van der Waals surface area (Å²) in [6.45, 7) is 0. The van der Waals surface area contributed by atoms with Crippen molar-refractivity contribution in [2.24, 2.45) is 0 Å². The van der Waals surface area contributed by atoms with Crippen LogP contribution in [0.3, 0.4) is 0 Å². The fourth-order valence-electron chi connectivity index (χ4n) is 1.17. The van der Waals surface area contributed by atoms with Crippen molar-refractivity contribution in [1.29, 1.82) is 0 Å². The summed E-state index contributed by atoms with van der Waals surface area (Å²) in [5.41, 5.74) is 0.102. The van der Waals surface area contributed by atoms with Crippen molar-refractivity contribution < 1.29 is 14.6 Å². The number of benzene rings is 1. The van der Waals surface area contributed by atoms with Gasteiger partial charge in [0.25, 0.3) is 0 Å². The van der Waals surface area contributed by atoms with Crippen molar-refractivity contribution in [3.8, 4) is 11.6 Å². The third-order valence-corrected chi connectivity index (χ3v) is 2.24. The topological polar surface area (TPSA) is 72.3 Å². The molecule has 1 heterocycles. The first-order valence-corrected chi connectivity index (χ1v) is 5.01. The van der Waals surface area contributed by atoms with E-state index < -0.39 is 5.97 Å². The second-order valence-corrected chi connectivity index (χ2v) is 3.51. The summed E-state index contributed by atoms with van der Waals surface area (Å²) in [6, 6.07) is 5.78. The van der Waals surface area contributed by atoms with Gasteiger partial charge in [-0.05, 0) is 18.2 Å². The van der Waals surface area contributed by atoms with E-state index in [1.54, 1.807) is 6.07 Å². The predicted molar refractivity (Wildman–Crippen MR) is 60.5 cm³/mol. The molecular weight excluding hydrogens is 244 g/mol. The molecule has 0 unspecified atom stereocenters. The van der Waals surface area contributed by atoms with Gasteiger partial charge in [-0.3, -0.25) is 0 Å². The zero-order chi connectivity index (χ0) is 12.3. The molecule has 0 radical (unpaired) electrons. The van der Waals surface area contributed by atoms with E-state index in [-0.39, 0.29) is 10.6 Å². The lowest BCUT2D eigenvalue weighted by Crippen LogP contribution is -1.96. The van der Waals surface area contributed by atoms with Crippen LogP contribution in [0.1, 0.15) is 10.4 Å². The SMILES string of the molecule is O=C(O)c1ccc(Oc2ccncn2)c(Cl)c1. The van der Waals surface area contributed by atoms with E-state index in [0.717, 1.165) is 0 Å². The maximum Gasteiger partial charge on any atom is 0.335 e. The number of carbonyl (C=O) groups is 1. The van der Waals surface area contributed by atoms with Gasteiger partial charge in [0.05, 0.1) is 10.6 Å². The Kier molecular flexibility index (Phi) is 3.20. The number of aromatic nitrogens is 2. The molecule has 0 bridgehead atoms. The minimum Gasteiger partial charge on any atom is -0.478 e. The van der Waals surface area contributed by atoms with Gasteiger partial charge in [0, 0.05) is 12.3 Å². The van der Waals surface area contributed by atoms with Crippen LogP contribution in [0.2, 0.25) is 5.02 Å². The Hall–Kier alpha value is -2.14. The van der Waals surface area contributed by atoms with Gasteiger partial charge in [0.2, 0.25) is 5.88 Å². The zero-order valence-electron chi connectivity index (χ0n) is 8.50. The van der Waals surface area contributed by atoms with Gasteiger partial charge in [0.15, 0.2) is 0 Å². The number of rotatable bonds is 3. The first kappa shape index (κ1) is 11.3. The van der Waals surface area contributed by atoms with Crippen molar-refractivity contribution in [2.45, 2.75) is 0 Å². The van der Waals surface area contributed by atoms with Crippen molar-refractivity contribution in [3.63, 3.8) is 0 Å². The number of halogens is 1. The molecule has 0 aliphatic rings. The van der Waals surface area contributed by atoms with Gasteiger partial charge in [-0.2, -0.15) is 0 Å². The number of hydrogen-bond acceptors (Lipinski definition) is 4. The molecule has 0 fully saturated rings. The number of hydrogen-bond donors (Lipinski definition) is 1. The second kappa shape index (κ2) is 4.80. The molecule has 86 valence electrons. The molecular formula is C11H7ClN2O3. The van der Waals surface area contributed by atoms with Crippen molar-refractivity contribution >= 4 is 17.6 Å². The lowest BCUT2D eigenvalue weighted by molar-refractivity contribution is 0.0697. The molecule has 17 heavy (non-hydrogen) atoms. The van der Waals surface area contributed by atoms with E-state index in [2.05, 4.69) is 9.97 Å². The van der Waals surface area contributed by atoms with Gasteiger partial charge in [-0.15, -0.1) is 0 Å². The van der Waals surface area contributed by atoms with E-state index in [0.29, 0.717) is 11.6 Å². The van der Waals surface area contributed by atoms with E-state index in [1.165, 1.54) is 30.7 Å². The quantitative estimate of drug-likeness (QED) is 0.907. The lowest BCUT2D eigenvalue weighted by Gasteiger charge is -2.06. The fraction of sp³-hybridized carbons (Fsp3) is 0. The second-order valence-electron chi connectivity index (χ2n) is 3.10. The standard InChI is InChI=1S/C11H7ClN2O3/c12-8-5-7(11(15)16)1-2-9(8)17-10-3-4-13-6-14-10/h1-6H,(H,15,16). The molecule has 0 atom stereocenters. The van der Waals surface area contributed by atoms with Crippen LogP contribution in [0, 0.1) is 0 Å². The Bertz CT molecular complexity index is 546. The summed E-state index contributed by atoms with van der Waals surface area (Å²) in [6.07, 6.45) is 2.87. The van der Waals surface area contributed by atoms with E-state index in [1.807, 2.05) is 0 Å². The van der Waals surface area contributed by atoms with E-state index >= 15 is 0 Å². The number of aromatic carboxylic acids is 1. The summed E-state index contributed by atoms with van der Waals surface area (Å²) in [5.74, 6) is -0.360. The highest BCUT2D eigenvalue weighted by atomic mass is 35.5. The number of carboxylic acid groups (broad SMARTS) is 1. The van der Waals surface area contributed by atoms with Gasteiger partial charge in [-0.1, -0.05) is 11.6 Å². The highest BCUT2D eigenvalue weighted by Crippen LogP contribution is 2.28. The molecule has 6 heteroatoms. The molecule has 2 rings (SSSR count). The summed E-state index contributed by atoms with van der Waals surface area (Å²) in [7, 11) is 0. The van der Waals surface area contributed by atoms with Crippen LogP contribution >= 0.6 is 11.6 Å². The van der Waals surface area contributed by atoms with Crippen LogP contribution in [0.15, 0.2) is 36.8 Å². The first-order chi connectivity index (χ1) is 8.16. The molecule has 0 saturated carbocycles. The third kappa shape index (κ3) is 2.70.